The molecule has 0 radical (unpaired) electrons. The van der Waals surface area contributed by atoms with E-state index in [0.717, 1.165) is 12.4 Å². The van der Waals surface area contributed by atoms with Gasteiger partial charge in [-0.1, -0.05) is 0 Å². The highest BCUT2D eigenvalue weighted by Gasteiger charge is 2.27. The van der Waals surface area contributed by atoms with Crippen LogP contribution < -0.4 is 0 Å². The summed E-state index contributed by atoms with van der Waals surface area (Å²) in [5.74, 6) is -1.57. The van der Waals surface area contributed by atoms with Crippen LogP contribution in [0.25, 0.3) is 0 Å². The minimum atomic E-state index is -1.17. The number of nitriles is 1. The molecule has 68 valence electrons. The van der Waals surface area contributed by atoms with Crippen LogP contribution in [0, 0.1) is 23.0 Å². The molecule has 1 rings (SSSR count). The molecule has 0 aromatic carbocycles. The molecular formula is C9H8F2N2. The summed E-state index contributed by atoms with van der Waals surface area (Å²) >= 11 is 0. The van der Waals surface area contributed by atoms with E-state index in [1.54, 1.807) is 0 Å². The fourth-order valence-corrected chi connectivity index (χ4v) is 1.06. The van der Waals surface area contributed by atoms with E-state index in [9.17, 15) is 8.78 Å². The average molecular weight is 182 g/mol. The number of hydrogen-bond acceptors (Lipinski definition) is 2. The van der Waals surface area contributed by atoms with Gasteiger partial charge in [0.15, 0.2) is 0 Å². The molecule has 2 nitrogen and oxygen atoms in total. The Morgan fingerprint density at radius 3 is 2.15 bits per heavy atom. The van der Waals surface area contributed by atoms with E-state index < -0.39 is 17.0 Å². The first-order valence-corrected chi connectivity index (χ1v) is 3.70. The Hall–Kier alpha value is -1.50. The number of aromatic nitrogens is 1. The monoisotopic (exact) mass is 182 g/mol. The van der Waals surface area contributed by atoms with Crippen LogP contribution in [0.4, 0.5) is 8.78 Å². The molecule has 0 saturated heterocycles. The van der Waals surface area contributed by atoms with Gasteiger partial charge in [-0.3, -0.25) is 4.98 Å². The van der Waals surface area contributed by atoms with Gasteiger partial charge in [-0.05, 0) is 13.8 Å². The van der Waals surface area contributed by atoms with Crippen LogP contribution >= 0.6 is 0 Å². The Labute approximate surface area is 74.8 Å². The number of nitrogens with zero attached hydrogens (tertiary/aromatic N) is 2. The standard InChI is InChI=1S/C9H8F2N2/c1-9(2,5-12)8-6(10)3-13-4-7(8)11/h3-4H,1-2H3. The molecule has 4 heteroatoms. The molecule has 1 heterocycles. The van der Waals surface area contributed by atoms with Crippen molar-refractivity contribution >= 4 is 0 Å². The first-order chi connectivity index (χ1) is 5.99. The summed E-state index contributed by atoms with van der Waals surface area (Å²) in [5.41, 5.74) is -1.40. The lowest BCUT2D eigenvalue weighted by Gasteiger charge is -2.16. The van der Waals surface area contributed by atoms with Crippen LogP contribution in [0.15, 0.2) is 12.4 Å². The molecule has 0 saturated carbocycles. The Bertz CT molecular complexity index is 346. The molecule has 0 fully saturated rings. The van der Waals surface area contributed by atoms with Crippen molar-refractivity contribution < 1.29 is 8.78 Å². The van der Waals surface area contributed by atoms with Gasteiger partial charge < -0.3 is 0 Å². The Morgan fingerprint density at radius 2 is 1.77 bits per heavy atom. The van der Waals surface area contributed by atoms with Gasteiger partial charge in [0.05, 0.1) is 23.9 Å². The van der Waals surface area contributed by atoms with E-state index in [2.05, 4.69) is 4.98 Å². The fourth-order valence-electron chi connectivity index (χ4n) is 1.06. The predicted molar refractivity (Wildman–Crippen MR) is 42.8 cm³/mol. The lowest BCUT2D eigenvalue weighted by atomic mass is 9.86. The van der Waals surface area contributed by atoms with Crippen LogP contribution in [0.2, 0.25) is 0 Å². The quantitative estimate of drug-likeness (QED) is 0.667. The first-order valence-electron chi connectivity index (χ1n) is 3.70. The Morgan fingerprint density at radius 1 is 1.31 bits per heavy atom. The van der Waals surface area contributed by atoms with Gasteiger partial charge >= 0.3 is 0 Å². The lowest BCUT2D eigenvalue weighted by Crippen LogP contribution is -2.18. The van der Waals surface area contributed by atoms with Gasteiger partial charge in [-0.15, -0.1) is 0 Å². The van der Waals surface area contributed by atoms with Crippen LogP contribution in [0.5, 0.6) is 0 Å². The fraction of sp³-hybridized carbons (Fsp3) is 0.333. The molecule has 0 unspecified atom stereocenters. The molecule has 0 aliphatic rings. The summed E-state index contributed by atoms with van der Waals surface area (Å²) in [6, 6.07) is 1.83. The highest BCUT2D eigenvalue weighted by molar-refractivity contribution is 5.30. The summed E-state index contributed by atoms with van der Waals surface area (Å²) in [6.07, 6.45) is 1.80. The molecule has 0 atom stereocenters. The summed E-state index contributed by atoms with van der Waals surface area (Å²) in [7, 11) is 0. The number of halogens is 2. The van der Waals surface area contributed by atoms with Crippen molar-refractivity contribution in [2.45, 2.75) is 19.3 Å². The minimum Gasteiger partial charge on any atom is -0.259 e. The first kappa shape index (κ1) is 9.59. The molecule has 13 heavy (non-hydrogen) atoms. The van der Waals surface area contributed by atoms with Crippen LogP contribution in [0.3, 0.4) is 0 Å². The second kappa shape index (κ2) is 3.09. The molecule has 0 N–H and O–H groups in total. The van der Waals surface area contributed by atoms with Crippen molar-refractivity contribution in [3.05, 3.63) is 29.6 Å². The van der Waals surface area contributed by atoms with Gasteiger partial charge in [0, 0.05) is 5.56 Å². The van der Waals surface area contributed by atoms with Crippen molar-refractivity contribution in [3.8, 4) is 6.07 Å². The van der Waals surface area contributed by atoms with Crippen LogP contribution in [-0.4, -0.2) is 4.98 Å². The third-order valence-electron chi connectivity index (χ3n) is 1.76. The van der Waals surface area contributed by atoms with Crippen molar-refractivity contribution in [2.24, 2.45) is 0 Å². The van der Waals surface area contributed by atoms with E-state index in [1.807, 2.05) is 6.07 Å². The van der Waals surface area contributed by atoms with Crippen molar-refractivity contribution in [2.75, 3.05) is 0 Å². The van der Waals surface area contributed by atoms with E-state index in [4.69, 9.17) is 5.26 Å². The zero-order chi connectivity index (χ0) is 10.1. The zero-order valence-electron chi connectivity index (χ0n) is 7.31. The van der Waals surface area contributed by atoms with E-state index >= 15 is 0 Å². The molecule has 0 amide bonds. The second-order valence-corrected chi connectivity index (χ2v) is 3.21. The van der Waals surface area contributed by atoms with Crippen molar-refractivity contribution in [1.29, 1.82) is 5.26 Å². The van der Waals surface area contributed by atoms with E-state index in [0.29, 0.717) is 0 Å². The molecular weight excluding hydrogens is 174 g/mol. The molecule has 0 aliphatic carbocycles. The van der Waals surface area contributed by atoms with E-state index in [1.165, 1.54) is 13.8 Å². The highest BCUT2D eigenvalue weighted by Crippen LogP contribution is 2.26. The Kier molecular flexibility index (Phi) is 2.28. The summed E-state index contributed by atoms with van der Waals surface area (Å²) < 4.78 is 26.2. The molecule has 0 aliphatic heterocycles. The molecule has 0 bridgehead atoms. The van der Waals surface area contributed by atoms with Crippen LogP contribution in [-0.2, 0) is 5.41 Å². The molecule has 0 spiro atoms. The Balaban J connectivity index is 3.38. The number of pyridine rings is 1. The third-order valence-corrected chi connectivity index (χ3v) is 1.76. The predicted octanol–water partition coefficient (Wildman–Crippen LogP) is 2.16. The maximum absolute atomic E-state index is 13.1. The summed E-state index contributed by atoms with van der Waals surface area (Å²) in [6.45, 7) is 2.91. The second-order valence-electron chi connectivity index (χ2n) is 3.21. The highest BCUT2D eigenvalue weighted by atomic mass is 19.1. The largest absolute Gasteiger partial charge is 0.259 e. The van der Waals surface area contributed by atoms with Gasteiger partial charge in [-0.25, -0.2) is 8.78 Å². The summed E-state index contributed by atoms with van der Waals surface area (Å²) in [4.78, 5) is 3.33. The number of rotatable bonds is 1. The molecule has 1 aromatic rings. The van der Waals surface area contributed by atoms with Gasteiger partial charge in [-0.2, -0.15) is 5.26 Å². The van der Waals surface area contributed by atoms with Gasteiger partial charge in [0.2, 0.25) is 0 Å². The van der Waals surface area contributed by atoms with Crippen LogP contribution in [0.1, 0.15) is 19.4 Å². The third kappa shape index (κ3) is 1.64. The average Bonchev–Trinajstić information content (AvgIpc) is 2.03. The SMILES string of the molecule is CC(C)(C#N)c1c(F)cncc1F. The van der Waals surface area contributed by atoms with Gasteiger partial charge in [0.25, 0.3) is 0 Å². The zero-order valence-corrected chi connectivity index (χ0v) is 7.31. The maximum Gasteiger partial charge on any atom is 0.149 e. The smallest absolute Gasteiger partial charge is 0.149 e. The topological polar surface area (TPSA) is 36.7 Å². The van der Waals surface area contributed by atoms with Crippen molar-refractivity contribution in [1.82, 2.24) is 4.98 Å². The lowest BCUT2D eigenvalue weighted by molar-refractivity contribution is 0.501. The van der Waals surface area contributed by atoms with Gasteiger partial charge in [0.1, 0.15) is 11.6 Å². The normalized spacial score (nSPS) is 11.0. The van der Waals surface area contributed by atoms with Crippen molar-refractivity contribution in [3.63, 3.8) is 0 Å². The summed E-state index contributed by atoms with van der Waals surface area (Å²) in [5, 5.41) is 8.69. The molecule has 1 aromatic heterocycles. The maximum atomic E-state index is 13.1. The number of hydrogen-bond donors (Lipinski definition) is 0. The van der Waals surface area contributed by atoms with E-state index in [-0.39, 0.29) is 5.56 Å². The minimum absolute atomic E-state index is 0.231.